The van der Waals surface area contributed by atoms with E-state index in [-0.39, 0.29) is 4.83 Å². The summed E-state index contributed by atoms with van der Waals surface area (Å²) >= 11 is 3.83. The number of hydrogen-bond acceptors (Lipinski definition) is 1. The second kappa shape index (κ2) is 5.76. The highest BCUT2D eigenvalue weighted by molar-refractivity contribution is 9.09. The fraction of sp³-hybridized carbons (Fsp3) is 0.167. The molecule has 0 N–H and O–H groups in total. The molecule has 0 fully saturated rings. The fourth-order valence-electron chi connectivity index (χ4n) is 2.46. The first-order valence-electron chi connectivity index (χ1n) is 6.79. The van der Waals surface area contributed by atoms with Crippen LogP contribution < -0.4 is 0 Å². The monoisotopic (exact) mass is 325 g/mol. The lowest BCUT2D eigenvalue weighted by molar-refractivity contribution is 0.725. The van der Waals surface area contributed by atoms with E-state index in [1.165, 1.54) is 16.3 Å². The van der Waals surface area contributed by atoms with Gasteiger partial charge in [0.05, 0.1) is 0 Å². The van der Waals surface area contributed by atoms with Crippen molar-refractivity contribution in [1.29, 1.82) is 0 Å². The molecule has 0 aliphatic carbocycles. The van der Waals surface area contributed by atoms with E-state index in [9.17, 15) is 0 Å². The van der Waals surface area contributed by atoms with Crippen LogP contribution in [0.25, 0.3) is 10.8 Å². The molecule has 0 aliphatic heterocycles. The van der Waals surface area contributed by atoms with Gasteiger partial charge in [-0.3, -0.25) is 4.98 Å². The van der Waals surface area contributed by atoms with E-state index in [0.29, 0.717) is 5.92 Å². The minimum atomic E-state index is 0.266. The van der Waals surface area contributed by atoms with Gasteiger partial charge >= 0.3 is 0 Å². The van der Waals surface area contributed by atoms with E-state index in [2.05, 4.69) is 76.4 Å². The largest absolute Gasteiger partial charge is 0.261 e. The van der Waals surface area contributed by atoms with Gasteiger partial charge in [0, 0.05) is 22.6 Å². The third kappa shape index (κ3) is 2.61. The molecule has 0 aliphatic rings. The maximum Gasteiger partial charge on any atom is 0.0476 e. The number of hydrogen-bond donors (Lipinski definition) is 0. The van der Waals surface area contributed by atoms with Gasteiger partial charge in [0.15, 0.2) is 0 Å². The second-order valence-electron chi connectivity index (χ2n) is 5.05. The van der Waals surface area contributed by atoms with E-state index in [0.717, 1.165) is 5.69 Å². The lowest BCUT2D eigenvalue weighted by atomic mass is 9.95. The summed E-state index contributed by atoms with van der Waals surface area (Å²) in [5, 5.41) is 2.56. The summed E-state index contributed by atoms with van der Waals surface area (Å²) in [6.45, 7) is 2.21. The summed E-state index contributed by atoms with van der Waals surface area (Å²) < 4.78 is 0. The van der Waals surface area contributed by atoms with Gasteiger partial charge in [0.1, 0.15) is 0 Å². The van der Waals surface area contributed by atoms with Gasteiger partial charge in [-0.05, 0) is 34.5 Å². The molecule has 0 amide bonds. The Morgan fingerprint density at radius 1 is 0.900 bits per heavy atom. The van der Waals surface area contributed by atoms with Gasteiger partial charge in [-0.1, -0.05) is 65.3 Å². The maximum atomic E-state index is 4.46. The molecule has 0 radical (unpaired) electrons. The van der Waals surface area contributed by atoms with Crippen LogP contribution in [0.5, 0.6) is 0 Å². The maximum absolute atomic E-state index is 4.46. The number of pyridine rings is 1. The molecule has 1 heterocycles. The Kier molecular flexibility index (Phi) is 3.83. The molecule has 3 aromatic rings. The van der Waals surface area contributed by atoms with E-state index < -0.39 is 0 Å². The van der Waals surface area contributed by atoms with Crippen LogP contribution in [-0.4, -0.2) is 4.98 Å². The first kappa shape index (κ1) is 13.3. The molecule has 20 heavy (non-hydrogen) atoms. The Labute approximate surface area is 127 Å². The first-order valence-corrected chi connectivity index (χ1v) is 7.71. The van der Waals surface area contributed by atoms with Crippen molar-refractivity contribution in [2.24, 2.45) is 0 Å². The van der Waals surface area contributed by atoms with Crippen molar-refractivity contribution in [3.05, 3.63) is 78.1 Å². The van der Waals surface area contributed by atoms with Gasteiger partial charge < -0.3 is 0 Å². The smallest absolute Gasteiger partial charge is 0.0476 e. The van der Waals surface area contributed by atoms with Crippen molar-refractivity contribution >= 4 is 26.7 Å². The van der Waals surface area contributed by atoms with Crippen LogP contribution in [0.1, 0.15) is 28.9 Å². The lowest BCUT2D eigenvalue weighted by Gasteiger charge is -2.18. The van der Waals surface area contributed by atoms with Crippen LogP contribution in [0.3, 0.4) is 0 Å². The van der Waals surface area contributed by atoms with Crippen molar-refractivity contribution < 1.29 is 0 Å². The van der Waals surface area contributed by atoms with Crippen molar-refractivity contribution in [3.8, 4) is 0 Å². The van der Waals surface area contributed by atoms with Crippen LogP contribution >= 0.6 is 15.9 Å². The normalized spacial score (nSPS) is 14.1. The molecule has 2 unspecified atom stereocenters. The summed E-state index contributed by atoms with van der Waals surface area (Å²) in [5.41, 5.74) is 2.41. The molecule has 0 bridgehead atoms. The average molecular weight is 326 g/mol. The van der Waals surface area contributed by atoms with E-state index in [4.69, 9.17) is 0 Å². The third-order valence-electron chi connectivity index (χ3n) is 3.69. The van der Waals surface area contributed by atoms with Crippen LogP contribution in [0, 0.1) is 0 Å². The summed E-state index contributed by atoms with van der Waals surface area (Å²) in [6, 6.07) is 21.2. The summed E-state index contributed by atoms with van der Waals surface area (Å²) in [7, 11) is 0. The Balaban J connectivity index is 1.94. The van der Waals surface area contributed by atoms with Crippen molar-refractivity contribution in [3.63, 3.8) is 0 Å². The molecule has 2 heteroatoms. The Morgan fingerprint density at radius 2 is 1.65 bits per heavy atom. The van der Waals surface area contributed by atoms with E-state index >= 15 is 0 Å². The molecule has 0 saturated carbocycles. The molecule has 0 spiro atoms. The quantitative estimate of drug-likeness (QED) is 0.581. The minimum absolute atomic E-state index is 0.266. The zero-order valence-corrected chi connectivity index (χ0v) is 12.9. The van der Waals surface area contributed by atoms with Crippen LogP contribution in [0.2, 0.25) is 0 Å². The zero-order chi connectivity index (χ0) is 13.9. The van der Waals surface area contributed by atoms with Gasteiger partial charge in [0.2, 0.25) is 0 Å². The van der Waals surface area contributed by atoms with Gasteiger partial charge in [-0.15, -0.1) is 0 Å². The second-order valence-corrected chi connectivity index (χ2v) is 6.04. The molecule has 1 nitrogen and oxygen atoms in total. The number of alkyl halides is 1. The molecular weight excluding hydrogens is 310 g/mol. The van der Waals surface area contributed by atoms with E-state index in [1.54, 1.807) is 0 Å². The fourth-order valence-corrected chi connectivity index (χ4v) is 3.02. The topological polar surface area (TPSA) is 12.9 Å². The predicted octanol–water partition coefficient (Wildman–Crippen LogP) is 5.47. The van der Waals surface area contributed by atoms with Crippen molar-refractivity contribution in [2.45, 2.75) is 17.7 Å². The van der Waals surface area contributed by atoms with Gasteiger partial charge in [0.25, 0.3) is 0 Å². The predicted molar refractivity (Wildman–Crippen MR) is 88.3 cm³/mol. The average Bonchev–Trinajstić information content (AvgIpc) is 2.54. The molecule has 2 aromatic carbocycles. The Bertz CT molecular complexity index is 709. The molecule has 3 rings (SSSR count). The molecule has 100 valence electrons. The summed E-state index contributed by atoms with van der Waals surface area (Å²) in [5.74, 6) is 0.331. The number of nitrogens with zero attached hydrogens (tertiary/aromatic N) is 1. The number of benzene rings is 2. The van der Waals surface area contributed by atoms with Crippen LogP contribution in [0.4, 0.5) is 0 Å². The Morgan fingerprint density at radius 3 is 2.40 bits per heavy atom. The highest BCUT2D eigenvalue weighted by atomic mass is 79.9. The van der Waals surface area contributed by atoms with Crippen LogP contribution in [-0.2, 0) is 0 Å². The van der Waals surface area contributed by atoms with Gasteiger partial charge in [-0.25, -0.2) is 0 Å². The highest BCUT2D eigenvalue weighted by Gasteiger charge is 2.19. The SMILES string of the molecule is CC(c1ccccn1)C(Br)c1ccc2ccccc2c1. The lowest BCUT2D eigenvalue weighted by Crippen LogP contribution is -2.04. The first-order chi connectivity index (χ1) is 9.75. The zero-order valence-electron chi connectivity index (χ0n) is 11.3. The molecule has 1 aromatic heterocycles. The minimum Gasteiger partial charge on any atom is -0.261 e. The van der Waals surface area contributed by atoms with Gasteiger partial charge in [-0.2, -0.15) is 0 Å². The molecular formula is C18H16BrN. The van der Waals surface area contributed by atoms with Crippen molar-refractivity contribution in [1.82, 2.24) is 4.98 Å². The summed E-state index contributed by atoms with van der Waals surface area (Å²) in [6.07, 6.45) is 1.85. The van der Waals surface area contributed by atoms with Crippen LogP contribution in [0.15, 0.2) is 66.9 Å². The third-order valence-corrected chi connectivity index (χ3v) is 5.01. The summed E-state index contributed by atoms with van der Waals surface area (Å²) in [4.78, 5) is 4.72. The molecule has 0 saturated heterocycles. The number of fused-ring (bicyclic) bond motifs is 1. The molecule has 2 atom stereocenters. The van der Waals surface area contributed by atoms with E-state index in [1.807, 2.05) is 18.3 Å². The number of aromatic nitrogens is 1. The number of halogens is 1. The Hall–Kier alpha value is -1.67. The highest BCUT2D eigenvalue weighted by Crippen LogP contribution is 2.37. The van der Waals surface area contributed by atoms with Crippen molar-refractivity contribution in [2.75, 3.05) is 0 Å². The standard InChI is InChI=1S/C18H16BrN/c1-13(17-8-4-5-11-20-17)18(19)16-10-9-14-6-2-3-7-15(14)12-16/h2-13,18H,1H3. The number of rotatable bonds is 3.